The second-order valence-electron chi connectivity index (χ2n) is 4.29. The number of hydrogen-bond donors (Lipinski definition) is 1. The van der Waals surface area contributed by atoms with Crippen molar-refractivity contribution in [1.29, 1.82) is 0 Å². The minimum Gasteiger partial charge on any atom is -0.397 e. The molecule has 0 amide bonds. The molecule has 0 aliphatic carbocycles. The Bertz CT molecular complexity index is 548. The van der Waals surface area contributed by atoms with E-state index >= 15 is 0 Å². The standard InChI is InChI=1S/C14H17N3O/c15-13-10-14(18)17(16-11-13)9-5-4-8-12-6-2-1-3-7-12/h1-3,6-7,10-11H,4-5,8-9,15H2. The average molecular weight is 243 g/mol. The van der Waals surface area contributed by atoms with Crippen molar-refractivity contribution in [3.8, 4) is 0 Å². The molecule has 2 N–H and O–H groups in total. The van der Waals surface area contributed by atoms with Crippen LogP contribution in [0.4, 0.5) is 5.69 Å². The first-order chi connectivity index (χ1) is 8.75. The van der Waals surface area contributed by atoms with E-state index in [2.05, 4.69) is 17.2 Å². The maximum atomic E-state index is 11.5. The normalized spacial score (nSPS) is 10.4. The van der Waals surface area contributed by atoms with Gasteiger partial charge in [-0.2, -0.15) is 5.10 Å². The summed E-state index contributed by atoms with van der Waals surface area (Å²) in [5.74, 6) is 0. The van der Waals surface area contributed by atoms with Gasteiger partial charge < -0.3 is 5.73 Å². The summed E-state index contributed by atoms with van der Waals surface area (Å²) in [5, 5.41) is 4.00. The third-order valence-corrected chi connectivity index (χ3v) is 2.82. The summed E-state index contributed by atoms with van der Waals surface area (Å²) in [7, 11) is 0. The molecule has 1 aromatic heterocycles. The number of unbranched alkanes of at least 4 members (excludes halogenated alkanes) is 1. The molecular weight excluding hydrogens is 226 g/mol. The zero-order valence-corrected chi connectivity index (χ0v) is 10.2. The van der Waals surface area contributed by atoms with Crippen LogP contribution in [-0.4, -0.2) is 9.78 Å². The lowest BCUT2D eigenvalue weighted by molar-refractivity contribution is 0.532. The first-order valence-corrected chi connectivity index (χ1v) is 6.12. The second-order valence-corrected chi connectivity index (χ2v) is 4.29. The number of aryl methyl sites for hydroxylation is 2. The number of nitrogens with two attached hydrogens (primary N) is 1. The molecular formula is C14H17N3O. The van der Waals surface area contributed by atoms with Crippen LogP contribution in [0.25, 0.3) is 0 Å². The summed E-state index contributed by atoms with van der Waals surface area (Å²) < 4.78 is 1.46. The molecule has 0 unspecified atom stereocenters. The van der Waals surface area contributed by atoms with Crippen LogP contribution in [-0.2, 0) is 13.0 Å². The van der Waals surface area contributed by atoms with Gasteiger partial charge in [0.25, 0.3) is 5.56 Å². The van der Waals surface area contributed by atoms with Crippen molar-refractivity contribution in [2.75, 3.05) is 5.73 Å². The maximum absolute atomic E-state index is 11.5. The van der Waals surface area contributed by atoms with Gasteiger partial charge in [0, 0.05) is 12.6 Å². The highest BCUT2D eigenvalue weighted by atomic mass is 16.1. The lowest BCUT2D eigenvalue weighted by Gasteiger charge is -2.04. The molecule has 0 spiro atoms. The van der Waals surface area contributed by atoms with Gasteiger partial charge in [-0.1, -0.05) is 30.3 Å². The SMILES string of the molecule is Nc1cnn(CCCCc2ccccc2)c(=O)c1. The number of anilines is 1. The molecule has 0 saturated heterocycles. The van der Waals surface area contributed by atoms with E-state index in [-0.39, 0.29) is 5.56 Å². The number of aromatic nitrogens is 2. The predicted molar refractivity (Wildman–Crippen MR) is 72.3 cm³/mol. The number of nitrogen functional groups attached to an aromatic ring is 1. The van der Waals surface area contributed by atoms with Gasteiger partial charge >= 0.3 is 0 Å². The van der Waals surface area contributed by atoms with Crippen LogP contribution in [0.2, 0.25) is 0 Å². The molecule has 0 saturated carbocycles. The van der Waals surface area contributed by atoms with Crippen LogP contribution >= 0.6 is 0 Å². The lowest BCUT2D eigenvalue weighted by Crippen LogP contribution is -2.22. The molecule has 2 rings (SSSR count). The molecule has 0 aliphatic rings. The molecule has 18 heavy (non-hydrogen) atoms. The molecule has 1 heterocycles. The Hall–Kier alpha value is -2.10. The van der Waals surface area contributed by atoms with Gasteiger partial charge in [0.05, 0.1) is 11.9 Å². The number of benzene rings is 1. The van der Waals surface area contributed by atoms with E-state index in [1.807, 2.05) is 18.2 Å². The fourth-order valence-corrected chi connectivity index (χ4v) is 1.85. The quantitative estimate of drug-likeness (QED) is 0.815. The molecule has 0 atom stereocenters. The van der Waals surface area contributed by atoms with Gasteiger partial charge in [-0.15, -0.1) is 0 Å². The van der Waals surface area contributed by atoms with E-state index in [9.17, 15) is 4.79 Å². The fourth-order valence-electron chi connectivity index (χ4n) is 1.85. The van der Waals surface area contributed by atoms with E-state index < -0.39 is 0 Å². The molecule has 4 heteroatoms. The van der Waals surface area contributed by atoms with Crippen molar-refractivity contribution in [1.82, 2.24) is 9.78 Å². The molecule has 1 aromatic carbocycles. The van der Waals surface area contributed by atoms with Crippen LogP contribution in [0.3, 0.4) is 0 Å². The summed E-state index contributed by atoms with van der Waals surface area (Å²) in [4.78, 5) is 11.5. The number of hydrogen-bond acceptors (Lipinski definition) is 3. The number of nitrogens with zero attached hydrogens (tertiary/aromatic N) is 2. The van der Waals surface area contributed by atoms with E-state index in [0.717, 1.165) is 19.3 Å². The zero-order valence-electron chi connectivity index (χ0n) is 10.2. The topological polar surface area (TPSA) is 60.9 Å². The molecule has 2 aromatic rings. The maximum Gasteiger partial charge on any atom is 0.268 e. The van der Waals surface area contributed by atoms with Crippen LogP contribution < -0.4 is 11.3 Å². The molecule has 94 valence electrons. The van der Waals surface area contributed by atoms with Crippen molar-refractivity contribution < 1.29 is 0 Å². The van der Waals surface area contributed by atoms with E-state index in [1.165, 1.54) is 22.5 Å². The molecule has 0 radical (unpaired) electrons. The average Bonchev–Trinajstić information content (AvgIpc) is 2.38. The Kier molecular flexibility index (Phi) is 4.12. The van der Waals surface area contributed by atoms with E-state index in [0.29, 0.717) is 12.2 Å². The molecule has 0 aliphatic heterocycles. The van der Waals surface area contributed by atoms with Crippen LogP contribution in [0.5, 0.6) is 0 Å². The lowest BCUT2D eigenvalue weighted by atomic mass is 10.1. The summed E-state index contributed by atoms with van der Waals surface area (Å²) in [6.45, 7) is 0.645. The molecule has 0 fully saturated rings. The summed E-state index contributed by atoms with van der Waals surface area (Å²) in [6.07, 6.45) is 4.53. The third-order valence-electron chi connectivity index (χ3n) is 2.82. The monoisotopic (exact) mass is 243 g/mol. The molecule has 0 bridgehead atoms. The Morgan fingerprint density at radius 3 is 2.67 bits per heavy atom. The second kappa shape index (κ2) is 6.00. The first kappa shape index (κ1) is 12.4. The predicted octanol–water partition coefficient (Wildman–Crippen LogP) is 1.85. The van der Waals surface area contributed by atoms with Crippen LogP contribution in [0.1, 0.15) is 18.4 Å². The Labute approximate surface area is 106 Å². The third kappa shape index (κ3) is 3.45. The van der Waals surface area contributed by atoms with Gasteiger partial charge in [0.2, 0.25) is 0 Å². The van der Waals surface area contributed by atoms with Crippen molar-refractivity contribution >= 4 is 5.69 Å². The minimum atomic E-state index is -0.130. The summed E-state index contributed by atoms with van der Waals surface area (Å²) in [6, 6.07) is 11.7. The van der Waals surface area contributed by atoms with Gasteiger partial charge in [0.15, 0.2) is 0 Å². The fraction of sp³-hybridized carbons (Fsp3) is 0.286. The summed E-state index contributed by atoms with van der Waals surface area (Å²) in [5.41, 5.74) is 7.10. The van der Waals surface area contributed by atoms with Crippen LogP contribution in [0, 0.1) is 0 Å². The Morgan fingerprint density at radius 2 is 1.94 bits per heavy atom. The highest BCUT2D eigenvalue weighted by Gasteiger charge is 1.98. The van der Waals surface area contributed by atoms with Crippen molar-refractivity contribution in [3.63, 3.8) is 0 Å². The minimum absolute atomic E-state index is 0.130. The first-order valence-electron chi connectivity index (χ1n) is 6.12. The highest BCUT2D eigenvalue weighted by Crippen LogP contribution is 2.04. The van der Waals surface area contributed by atoms with Crippen molar-refractivity contribution in [2.24, 2.45) is 0 Å². The van der Waals surface area contributed by atoms with Gasteiger partial charge in [0.1, 0.15) is 0 Å². The molecule has 4 nitrogen and oxygen atoms in total. The Balaban J connectivity index is 1.80. The van der Waals surface area contributed by atoms with Gasteiger partial charge in [-0.3, -0.25) is 4.79 Å². The van der Waals surface area contributed by atoms with Gasteiger partial charge in [-0.05, 0) is 24.8 Å². The smallest absolute Gasteiger partial charge is 0.268 e. The number of rotatable bonds is 5. The largest absolute Gasteiger partial charge is 0.397 e. The van der Waals surface area contributed by atoms with Gasteiger partial charge in [-0.25, -0.2) is 4.68 Å². The van der Waals surface area contributed by atoms with Crippen molar-refractivity contribution in [2.45, 2.75) is 25.8 Å². The van der Waals surface area contributed by atoms with Crippen LogP contribution in [0.15, 0.2) is 47.4 Å². The Morgan fingerprint density at radius 1 is 1.17 bits per heavy atom. The zero-order chi connectivity index (χ0) is 12.8. The highest BCUT2D eigenvalue weighted by molar-refractivity contribution is 5.31. The van der Waals surface area contributed by atoms with E-state index in [4.69, 9.17) is 5.73 Å². The summed E-state index contributed by atoms with van der Waals surface area (Å²) >= 11 is 0. The van der Waals surface area contributed by atoms with Crippen molar-refractivity contribution in [3.05, 3.63) is 58.5 Å². The van der Waals surface area contributed by atoms with E-state index in [1.54, 1.807) is 0 Å².